The molecule has 258 valence electrons. The van der Waals surface area contributed by atoms with E-state index in [1.165, 1.54) is 141 Å². The van der Waals surface area contributed by atoms with E-state index >= 15 is 0 Å². The molecular weight excluding hydrogens is 544 g/mol. The second-order valence-corrected chi connectivity index (χ2v) is 12.6. The van der Waals surface area contributed by atoms with Crippen molar-refractivity contribution in [2.75, 3.05) is 19.8 Å². The Hall–Kier alpha value is -1.39. The van der Waals surface area contributed by atoms with E-state index in [-0.39, 0.29) is 12.6 Å². The van der Waals surface area contributed by atoms with Gasteiger partial charge < -0.3 is 14.6 Å². The SMILES string of the molecule is CCCCC/C=C\C/C=C\CCCCCCCCCCCC(=O)OC(CO)COCCCCCCCC/C=C\CCCCC. The average Bonchev–Trinajstić information content (AvgIpc) is 3.03. The highest BCUT2D eigenvalue weighted by molar-refractivity contribution is 5.69. The van der Waals surface area contributed by atoms with E-state index in [0.29, 0.717) is 19.6 Å². The van der Waals surface area contributed by atoms with Gasteiger partial charge in [0.2, 0.25) is 0 Å². The Kier molecular flexibility index (Phi) is 36.6. The van der Waals surface area contributed by atoms with Crippen molar-refractivity contribution in [1.29, 1.82) is 0 Å². The van der Waals surface area contributed by atoms with Gasteiger partial charge in [-0.05, 0) is 70.6 Å². The zero-order chi connectivity index (χ0) is 32.0. The molecule has 4 nitrogen and oxygen atoms in total. The molecule has 0 aliphatic rings. The van der Waals surface area contributed by atoms with Crippen molar-refractivity contribution >= 4 is 5.97 Å². The lowest BCUT2D eigenvalue weighted by atomic mass is 10.1. The van der Waals surface area contributed by atoms with Crippen LogP contribution in [0, 0.1) is 0 Å². The van der Waals surface area contributed by atoms with E-state index in [2.05, 4.69) is 50.3 Å². The topological polar surface area (TPSA) is 55.8 Å². The molecule has 0 bridgehead atoms. The summed E-state index contributed by atoms with van der Waals surface area (Å²) in [4.78, 5) is 12.2. The van der Waals surface area contributed by atoms with E-state index in [9.17, 15) is 9.90 Å². The molecule has 0 aliphatic heterocycles. The summed E-state index contributed by atoms with van der Waals surface area (Å²) >= 11 is 0. The lowest BCUT2D eigenvalue weighted by molar-refractivity contribution is -0.154. The van der Waals surface area contributed by atoms with Crippen LogP contribution in [0.25, 0.3) is 0 Å². The van der Waals surface area contributed by atoms with Gasteiger partial charge in [0, 0.05) is 13.0 Å². The summed E-state index contributed by atoms with van der Waals surface area (Å²) in [6, 6.07) is 0. The summed E-state index contributed by atoms with van der Waals surface area (Å²) in [6.07, 6.45) is 46.1. The lowest BCUT2D eigenvalue weighted by Crippen LogP contribution is -2.27. The van der Waals surface area contributed by atoms with E-state index < -0.39 is 6.10 Å². The largest absolute Gasteiger partial charge is 0.457 e. The predicted octanol–water partition coefficient (Wildman–Crippen LogP) is 12.1. The first-order valence-corrected chi connectivity index (χ1v) is 19.1. The zero-order valence-corrected chi connectivity index (χ0v) is 29.4. The minimum absolute atomic E-state index is 0.175. The van der Waals surface area contributed by atoms with Crippen molar-refractivity contribution in [3.05, 3.63) is 36.5 Å². The zero-order valence-electron chi connectivity index (χ0n) is 29.4. The van der Waals surface area contributed by atoms with Gasteiger partial charge in [-0.1, -0.05) is 147 Å². The number of carbonyl (C=O) groups excluding carboxylic acids is 1. The van der Waals surface area contributed by atoms with Crippen molar-refractivity contribution in [2.24, 2.45) is 0 Å². The molecule has 0 aromatic rings. The maximum atomic E-state index is 12.2. The Morgan fingerprint density at radius 1 is 0.545 bits per heavy atom. The molecule has 0 radical (unpaired) electrons. The van der Waals surface area contributed by atoms with Gasteiger partial charge in [0.05, 0.1) is 13.2 Å². The maximum Gasteiger partial charge on any atom is 0.306 e. The second kappa shape index (κ2) is 37.8. The van der Waals surface area contributed by atoms with Crippen LogP contribution < -0.4 is 0 Å². The smallest absolute Gasteiger partial charge is 0.306 e. The predicted molar refractivity (Wildman–Crippen MR) is 191 cm³/mol. The van der Waals surface area contributed by atoms with Gasteiger partial charge in [-0.2, -0.15) is 0 Å². The quantitative estimate of drug-likeness (QED) is 0.0436. The fourth-order valence-corrected chi connectivity index (χ4v) is 5.29. The van der Waals surface area contributed by atoms with Gasteiger partial charge in [-0.3, -0.25) is 4.79 Å². The van der Waals surface area contributed by atoms with Crippen LogP contribution in [0.15, 0.2) is 36.5 Å². The highest BCUT2D eigenvalue weighted by atomic mass is 16.6. The molecule has 0 saturated heterocycles. The van der Waals surface area contributed by atoms with Crippen molar-refractivity contribution < 1.29 is 19.4 Å². The Balaban J connectivity index is 3.45. The minimum atomic E-state index is -0.537. The Labute approximate surface area is 274 Å². The van der Waals surface area contributed by atoms with Gasteiger partial charge >= 0.3 is 5.97 Å². The van der Waals surface area contributed by atoms with Crippen LogP contribution in [0.1, 0.15) is 187 Å². The molecule has 0 heterocycles. The molecule has 1 N–H and O–H groups in total. The number of esters is 1. The monoisotopic (exact) mass is 619 g/mol. The van der Waals surface area contributed by atoms with Gasteiger partial charge in [-0.25, -0.2) is 0 Å². The Morgan fingerprint density at radius 2 is 0.955 bits per heavy atom. The highest BCUT2D eigenvalue weighted by Crippen LogP contribution is 2.13. The number of ether oxygens (including phenoxy) is 2. The number of carbonyl (C=O) groups is 1. The molecule has 44 heavy (non-hydrogen) atoms. The molecule has 1 atom stereocenters. The van der Waals surface area contributed by atoms with Crippen molar-refractivity contribution in [3.63, 3.8) is 0 Å². The third kappa shape index (κ3) is 35.1. The summed E-state index contributed by atoms with van der Waals surface area (Å²) < 4.78 is 11.1. The van der Waals surface area contributed by atoms with Crippen LogP contribution in [0.2, 0.25) is 0 Å². The number of allylic oxidation sites excluding steroid dienone is 6. The highest BCUT2D eigenvalue weighted by Gasteiger charge is 2.13. The van der Waals surface area contributed by atoms with Crippen LogP contribution in [-0.4, -0.2) is 37.0 Å². The van der Waals surface area contributed by atoms with Crippen LogP contribution in [0.5, 0.6) is 0 Å². The molecule has 0 saturated carbocycles. The Bertz CT molecular complexity index is 654. The van der Waals surface area contributed by atoms with E-state index in [4.69, 9.17) is 9.47 Å². The summed E-state index contributed by atoms with van der Waals surface area (Å²) in [5.41, 5.74) is 0. The molecule has 0 fully saturated rings. The standard InChI is InChI=1S/C40H74O4/c1-3-5-7-9-11-13-15-17-18-19-20-21-22-23-25-27-29-31-33-35-40(42)44-39(37-41)38-43-36-34-32-30-28-26-24-16-14-12-10-8-6-4-2/h11-14,17-18,39,41H,3-10,15-16,19-38H2,1-2H3/b13-11-,14-12-,18-17-. The molecule has 0 aliphatic carbocycles. The summed E-state index contributed by atoms with van der Waals surface area (Å²) in [6.45, 7) is 5.29. The third-order valence-electron chi connectivity index (χ3n) is 8.19. The van der Waals surface area contributed by atoms with Crippen molar-refractivity contribution in [2.45, 2.75) is 193 Å². The molecule has 0 rings (SSSR count). The van der Waals surface area contributed by atoms with Crippen molar-refractivity contribution in [1.82, 2.24) is 0 Å². The molecule has 0 amide bonds. The summed E-state index contributed by atoms with van der Waals surface area (Å²) in [7, 11) is 0. The van der Waals surface area contributed by atoms with E-state index in [1.54, 1.807) is 0 Å². The number of aliphatic hydroxyl groups excluding tert-OH is 1. The third-order valence-corrected chi connectivity index (χ3v) is 8.19. The van der Waals surface area contributed by atoms with Gasteiger partial charge in [0.1, 0.15) is 6.10 Å². The van der Waals surface area contributed by atoms with E-state index in [0.717, 1.165) is 25.7 Å². The number of hydrogen-bond acceptors (Lipinski definition) is 4. The molecule has 0 spiro atoms. The normalized spacial score (nSPS) is 12.7. The first-order chi connectivity index (χ1) is 21.7. The first-order valence-electron chi connectivity index (χ1n) is 19.1. The molecular formula is C40H74O4. The molecule has 4 heteroatoms. The Morgan fingerprint density at radius 3 is 1.43 bits per heavy atom. The van der Waals surface area contributed by atoms with Crippen LogP contribution in [-0.2, 0) is 14.3 Å². The van der Waals surface area contributed by atoms with E-state index in [1.807, 2.05) is 0 Å². The van der Waals surface area contributed by atoms with Gasteiger partial charge in [0.25, 0.3) is 0 Å². The fourth-order valence-electron chi connectivity index (χ4n) is 5.29. The van der Waals surface area contributed by atoms with Crippen molar-refractivity contribution in [3.8, 4) is 0 Å². The van der Waals surface area contributed by atoms with Gasteiger partial charge in [0.15, 0.2) is 0 Å². The van der Waals surface area contributed by atoms with Crippen LogP contribution >= 0.6 is 0 Å². The fraction of sp³-hybridized carbons (Fsp3) is 0.825. The summed E-state index contributed by atoms with van der Waals surface area (Å²) in [5, 5.41) is 9.56. The first kappa shape index (κ1) is 42.6. The maximum absolute atomic E-state index is 12.2. The minimum Gasteiger partial charge on any atom is -0.457 e. The molecule has 1 unspecified atom stereocenters. The summed E-state index contributed by atoms with van der Waals surface area (Å²) in [5.74, 6) is -0.208. The van der Waals surface area contributed by atoms with Crippen LogP contribution in [0.4, 0.5) is 0 Å². The average molecular weight is 619 g/mol. The molecule has 0 aromatic heterocycles. The number of hydrogen-bond donors (Lipinski definition) is 1. The second-order valence-electron chi connectivity index (χ2n) is 12.6. The number of rotatable bonds is 35. The lowest BCUT2D eigenvalue weighted by Gasteiger charge is -2.15. The van der Waals surface area contributed by atoms with Gasteiger partial charge in [-0.15, -0.1) is 0 Å². The van der Waals surface area contributed by atoms with Crippen LogP contribution in [0.3, 0.4) is 0 Å². The number of aliphatic hydroxyl groups is 1. The number of unbranched alkanes of at least 4 members (excludes halogenated alkanes) is 21. The molecule has 0 aromatic carbocycles.